The molecule has 2 aliphatic heterocycles. The van der Waals surface area contributed by atoms with E-state index in [0.717, 1.165) is 10.5 Å². The third-order valence-corrected chi connectivity index (χ3v) is 8.73. The van der Waals surface area contributed by atoms with Crippen molar-refractivity contribution in [3.8, 4) is 6.07 Å². The third kappa shape index (κ3) is 5.95. The number of aliphatic imine (C=N–C) groups is 1. The summed E-state index contributed by atoms with van der Waals surface area (Å²) in [6, 6.07) is 21.1. The maximum atomic E-state index is 13.9. The number of amides is 2. The molecule has 0 saturated carbocycles. The maximum Gasteiger partial charge on any atom is 0.471 e. The van der Waals surface area contributed by atoms with Crippen LogP contribution in [-0.4, -0.2) is 41.7 Å². The average molecular weight is 609 g/mol. The summed E-state index contributed by atoms with van der Waals surface area (Å²) in [5.74, 6) is -2.34. The van der Waals surface area contributed by atoms with Crippen LogP contribution >= 0.6 is 23.5 Å². The smallest absolute Gasteiger partial charge is 0.384 e. The Labute approximate surface area is 248 Å². The number of hydrogen-bond acceptors (Lipinski definition) is 8. The van der Waals surface area contributed by atoms with E-state index in [4.69, 9.17) is 4.99 Å². The van der Waals surface area contributed by atoms with E-state index in [1.807, 2.05) is 42.6 Å². The van der Waals surface area contributed by atoms with Crippen molar-refractivity contribution in [2.75, 3.05) is 29.1 Å². The number of thioether (sulfide) groups is 2. The van der Waals surface area contributed by atoms with Crippen LogP contribution in [0.5, 0.6) is 0 Å². The highest BCUT2D eigenvalue weighted by Crippen LogP contribution is 2.51. The number of halogens is 3. The number of rotatable bonds is 6. The molecule has 0 spiro atoms. The van der Waals surface area contributed by atoms with Gasteiger partial charge in [0.1, 0.15) is 4.91 Å². The Hall–Kier alpha value is -4.41. The molecule has 8 nitrogen and oxygen atoms in total. The summed E-state index contributed by atoms with van der Waals surface area (Å²) in [6.07, 6.45) is -5.02. The molecule has 2 N–H and O–H groups in total. The van der Waals surface area contributed by atoms with Gasteiger partial charge in [-0.2, -0.15) is 18.4 Å². The number of hydrogen-bond donors (Lipinski definition) is 2. The normalized spacial score (nSPS) is 17.4. The Bertz CT molecular complexity index is 1670. The SMILES string of the molecule is CCNc1ccc(C#N)cc1N=C1S/C(=C2/Sc3ccc(NC(=O)C(F)(F)F)cc3N2C)C(=O)N1Cc1ccccc1. The largest absolute Gasteiger partial charge is 0.471 e. The van der Waals surface area contributed by atoms with Gasteiger partial charge in [0.25, 0.3) is 5.91 Å². The third-order valence-electron chi connectivity index (χ3n) is 6.30. The van der Waals surface area contributed by atoms with Crippen LogP contribution in [0.3, 0.4) is 0 Å². The molecule has 3 aromatic rings. The van der Waals surface area contributed by atoms with Gasteiger partial charge in [0.2, 0.25) is 0 Å². The number of nitriles is 1. The van der Waals surface area contributed by atoms with Crippen LogP contribution in [-0.2, 0) is 16.1 Å². The Kier molecular flexibility index (Phi) is 8.20. The molecule has 1 fully saturated rings. The van der Waals surface area contributed by atoms with Crippen LogP contribution in [0.25, 0.3) is 0 Å². The molecule has 214 valence electrons. The molecule has 3 aromatic carbocycles. The number of nitrogens with one attached hydrogen (secondary N) is 2. The van der Waals surface area contributed by atoms with Gasteiger partial charge < -0.3 is 15.5 Å². The zero-order chi connectivity index (χ0) is 30.0. The van der Waals surface area contributed by atoms with Crippen LogP contribution < -0.4 is 15.5 Å². The van der Waals surface area contributed by atoms with Gasteiger partial charge in [-0.25, -0.2) is 4.99 Å². The van der Waals surface area contributed by atoms with Crippen molar-refractivity contribution in [3.05, 3.63) is 87.8 Å². The number of benzene rings is 3. The zero-order valence-electron chi connectivity index (χ0n) is 22.3. The highest BCUT2D eigenvalue weighted by atomic mass is 32.2. The van der Waals surface area contributed by atoms with E-state index in [0.29, 0.717) is 44.3 Å². The Morgan fingerprint density at radius 2 is 1.83 bits per heavy atom. The lowest BCUT2D eigenvalue weighted by Crippen LogP contribution is -2.30. The molecular weight excluding hydrogens is 585 g/mol. The van der Waals surface area contributed by atoms with Gasteiger partial charge in [0.15, 0.2) is 5.17 Å². The van der Waals surface area contributed by atoms with E-state index >= 15 is 0 Å². The first kappa shape index (κ1) is 29.1. The van der Waals surface area contributed by atoms with Gasteiger partial charge >= 0.3 is 12.1 Å². The summed E-state index contributed by atoms with van der Waals surface area (Å²) in [5, 5.41) is 15.6. The molecule has 0 radical (unpaired) electrons. The molecule has 13 heteroatoms. The van der Waals surface area contributed by atoms with Crippen LogP contribution in [0.2, 0.25) is 0 Å². The second kappa shape index (κ2) is 11.8. The first-order chi connectivity index (χ1) is 20.1. The molecule has 0 aliphatic carbocycles. The zero-order valence-corrected chi connectivity index (χ0v) is 24.0. The second-order valence-corrected chi connectivity index (χ2v) is 11.2. The van der Waals surface area contributed by atoms with Gasteiger partial charge in [-0.05, 0) is 60.6 Å². The Morgan fingerprint density at radius 1 is 1.07 bits per heavy atom. The van der Waals surface area contributed by atoms with Gasteiger partial charge in [0, 0.05) is 24.2 Å². The fourth-order valence-electron chi connectivity index (χ4n) is 4.29. The second-order valence-electron chi connectivity index (χ2n) is 9.18. The molecule has 42 heavy (non-hydrogen) atoms. The van der Waals surface area contributed by atoms with Crippen LogP contribution in [0.1, 0.15) is 18.1 Å². The van der Waals surface area contributed by atoms with Crippen molar-refractivity contribution in [2.45, 2.75) is 24.5 Å². The van der Waals surface area contributed by atoms with Crippen LogP contribution in [0.4, 0.5) is 35.9 Å². The van der Waals surface area contributed by atoms with Crippen LogP contribution in [0.15, 0.2) is 86.6 Å². The minimum absolute atomic E-state index is 0.0125. The number of carbonyl (C=O) groups is 2. The summed E-state index contributed by atoms with van der Waals surface area (Å²) in [4.78, 5) is 34.6. The minimum atomic E-state index is -5.02. The number of carbonyl (C=O) groups excluding carboxylic acids is 2. The van der Waals surface area contributed by atoms with E-state index in [9.17, 15) is 28.0 Å². The van der Waals surface area contributed by atoms with Crippen molar-refractivity contribution in [3.63, 3.8) is 0 Å². The number of fused-ring (bicyclic) bond motifs is 1. The molecule has 0 unspecified atom stereocenters. The van der Waals surface area contributed by atoms with Crippen molar-refractivity contribution in [1.82, 2.24) is 4.90 Å². The summed E-state index contributed by atoms with van der Waals surface area (Å²) >= 11 is 2.49. The fourth-order valence-corrected chi connectivity index (χ4v) is 6.60. The highest BCUT2D eigenvalue weighted by molar-refractivity contribution is 8.19. The molecule has 5 rings (SSSR count). The predicted molar refractivity (Wildman–Crippen MR) is 159 cm³/mol. The van der Waals surface area contributed by atoms with E-state index in [1.165, 1.54) is 35.7 Å². The van der Waals surface area contributed by atoms with Gasteiger partial charge in [-0.1, -0.05) is 42.1 Å². The average Bonchev–Trinajstić information content (AvgIpc) is 3.45. The molecule has 1 saturated heterocycles. The first-order valence-corrected chi connectivity index (χ1v) is 14.3. The van der Waals surface area contributed by atoms with E-state index in [1.54, 1.807) is 41.1 Å². The molecule has 2 heterocycles. The summed E-state index contributed by atoms with van der Waals surface area (Å²) < 4.78 is 38.3. The Balaban J connectivity index is 1.53. The first-order valence-electron chi connectivity index (χ1n) is 12.7. The number of nitrogens with zero attached hydrogens (tertiary/aromatic N) is 4. The van der Waals surface area contributed by atoms with Crippen LogP contribution in [0, 0.1) is 11.3 Å². The molecule has 0 aromatic heterocycles. The lowest BCUT2D eigenvalue weighted by Gasteiger charge is -2.17. The Morgan fingerprint density at radius 3 is 2.52 bits per heavy atom. The lowest BCUT2D eigenvalue weighted by molar-refractivity contribution is -0.167. The fraction of sp³-hybridized carbons (Fsp3) is 0.172. The van der Waals surface area contributed by atoms with Gasteiger partial charge in [-0.15, -0.1) is 0 Å². The number of anilines is 3. The van der Waals surface area contributed by atoms with Crippen molar-refractivity contribution >= 4 is 63.3 Å². The molecular formula is C29H23F3N6O2S2. The van der Waals surface area contributed by atoms with Crippen molar-refractivity contribution in [2.24, 2.45) is 4.99 Å². The predicted octanol–water partition coefficient (Wildman–Crippen LogP) is 6.67. The minimum Gasteiger partial charge on any atom is -0.384 e. The number of amidine groups is 1. The molecule has 0 bridgehead atoms. The summed E-state index contributed by atoms with van der Waals surface area (Å²) in [7, 11) is 1.71. The van der Waals surface area contributed by atoms with E-state index in [2.05, 4.69) is 11.4 Å². The molecule has 2 amide bonds. The standard InChI is InChI=1S/C29H23F3N6O2S2/c1-3-34-20-11-9-18(15-33)13-21(20)36-28-38(16-17-7-5-4-6-8-17)25(39)24(42-28)26-37(2)22-14-19(10-12-23(22)41-26)35-27(40)29(30,31)32/h4-14,34H,3,16H2,1-2H3,(H,35,40)/b26-24+,36-28?. The lowest BCUT2D eigenvalue weighted by atomic mass is 10.2. The van der Waals surface area contributed by atoms with Gasteiger partial charge in [0.05, 0.1) is 40.3 Å². The van der Waals surface area contributed by atoms with Gasteiger partial charge in [-0.3, -0.25) is 14.5 Å². The quantitative estimate of drug-likeness (QED) is 0.302. The maximum absolute atomic E-state index is 13.9. The molecule has 2 aliphatic rings. The van der Waals surface area contributed by atoms with Crippen molar-refractivity contribution in [1.29, 1.82) is 5.26 Å². The van der Waals surface area contributed by atoms with E-state index < -0.39 is 12.1 Å². The molecule has 0 atom stereocenters. The van der Waals surface area contributed by atoms with E-state index in [-0.39, 0.29) is 18.1 Å². The topological polar surface area (TPSA) is 101 Å². The highest BCUT2D eigenvalue weighted by Gasteiger charge is 2.41. The van der Waals surface area contributed by atoms with Crippen molar-refractivity contribution < 1.29 is 22.8 Å². The summed E-state index contributed by atoms with van der Waals surface area (Å²) in [6.45, 7) is 2.83. The monoisotopic (exact) mass is 608 g/mol. The number of alkyl halides is 3. The summed E-state index contributed by atoms with van der Waals surface area (Å²) in [5.41, 5.74) is 3.08.